The fourth-order valence-corrected chi connectivity index (χ4v) is 5.48. The highest BCUT2D eigenvalue weighted by Gasteiger charge is 2.53. The monoisotopic (exact) mass is 344 g/mol. The van der Waals surface area contributed by atoms with E-state index in [2.05, 4.69) is 34.5 Å². The standard InChI is InChI=1S/C21H32N2O2/c1-25-15-8-16-6-13-23(14-7-16)19-17-4-2-3-5-18(17)21(20(19)24)9-11-22-12-10-21/h2-5,16,19-20,22,24H,6-15H2,1H3/t19-,20+/m1/s1. The van der Waals surface area contributed by atoms with Gasteiger partial charge in [0.05, 0.1) is 12.1 Å². The molecule has 1 aromatic rings. The minimum Gasteiger partial charge on any atom is -0.390 e. The van der Waals surface area contributed by atoms with Crippen molar-refractivity contribution in [2.45, 2.75) is 49.7 Å². The Labute approximate surface area is 151 Å². The lowest BCUT2D eigenvalue weighted by atomic mass is 9.72. The molecule has 2 fully saturated rings. The van der Waals surface area contributed by atoms with Gasteiger partial charge in [-0.1, -0.05) is 24.3 Å². The van der Waals surface area contributed by atoms with Gasteiger partial charge in [0.2, 0.25) is 0 Å². The van der Waals surface area contributed by atoms with Crippen LogP contribution in [0.5, 0.6) is 0 Å². The number of likely N-dealkylation sites (tertiary alicyclic amines) is 1. The molecule has 0 bridgehead atoms. The molecule has 25 heavy (non-hydrogen) atoms. The van der Waals surface area contributed by atoms with Crippen LogP contribution in [0, 0.1) is 5.92 Å². The lowest BCUT2D eigenvalue weighted by Gasteiger charge is -2.42. The molecule has 0 radical (unpaired) electrons. The Balaban J connectivity index is 1.55. The lowest BCUT2D eigenvalue weighted by molar-refractivity contribution is -0.0143. The van der Waals surface area contributed by atoms with Gasteiger partial charge in [0.15, 0.2) is 0 Å². The van der Waals surface area contributed by atoms with Crippen molar-refractivity contribution in [2.75, 3.05) is 39.9 Å². The Kier molecular flexibility index (Phi) is 5.14. The molecule has 3 aliphatic rings. The molecule has 2 aliphatic heterocycles. The number of ether oxygens (including phenoxy) is 1. The number of benzene rings is 1. The predicted octanol–water partition coefficient (Wildman–Crippen LogP) is 2.47. The van der Waals surface area contributed by atoms with E-state index < -0.39 is 0 Å². The molecule has 2 atom stereocenters. The molecule has 1 aromatic carbocycles. The van der Waals surface area contributed by atoms with Gasteiger partial charge in [-0.3, -0.25) is 4.90 Å². The fourth-order valence-electron chi connectivity index (χ4n) is 5.48. The van der Waals surface area contributed by atoms with Gasteiger partial charge < -0.3 is 15.2 Å². The normalized spacial score (nSPS) is 29.8. The first-order valence-corrected chi connectivity index (χ1v) is 9.97. The van der Waals surface area contributed by atoms with Gasteiger partial charge in [-0.25, -0.2) is 0 Å². The Morgan fingerprint density at radius 1 is 1.20 bits per heavy atom. The number of nitrogens with one attached hydrogen (secondary N) is 1. The summed E-state index contributed by atoms with van der Waals surface area (Å²) >= 11 is 0. The van der Waals surface area contributed by atoms with Crippen molar-refractivity contribution in [3.63, 3.8) is 0 Å². The third-order valence-electron chi connectivity index (χ3n) is 6.95. The first-order valence-electron chi connectivity index (χ1n) is 9.97. The summed E-state index contributed by atoms with van der Waals surface area (Å²) < 4.78 is 5.25. The summed E-state index contributed by atoms with van der Waals surface area (Å²) in [5.74, 6) is 0.776. The smallest absolute Gasteiger partial charge is 0.0834 e. The van der Waals surface area contributed by atoms with Crippen LogP contribution in [0.3, 0.4) is 0 Å². The predicted molar refractivity (Wildman–Crippen MR) is 99.8 cm³/mol. The van der Waals surface area contributed by atoms with Crippen LogP contribution in [0.25, 0.3) is 0 Å². The summed E-state index contributed by atoms with van der Waals surface area (Å²) in [4.78, 5) is 2.56. The minimum atomic E-state index is -0.275. The van der Waals surface area contributed by atoms with Crippen molar-refractivity contribution in [1.82, 2.24) is 10.2 Å². The second kappa shape index (κ2) is 7.36. The average molecular weight is 344 g/mol. The minimum absolute atomic E-state index is 0.0423. The van der Waals surface area contributed by atoms with Crippen molar-refractivity contribution >= 4 is 0 Å². The Morgan fingerprint density at radius 2 is 1.92 bits per heavy atom. The third kappa shape index (κ3) is 3.03. The van der Waals surface area contributed by atoms with Crippen LogP contribution < -0.4 is 5.32 Å². The molecule has 4 heteroatoms. The first kappa shape index (κ1) is 17.5. The number of hydrogen-bond donors (Lipinski definition) is 2. The van der Waals surface area contributed by atoms with Gasteiger partial charge in [0, 0.05) is 19.1 Å². The number of fused-ring (bicyclic) bond motifs is 2. The summed E-state index contributed by atoms with van der Waals surface area (Å²) in [6.07, 6.45) is 5.44. The molecule has 0 saturated carbocycles. The number of rotatable bonds is 4. The van der Waals surface area contributed by atoms with Crippen LogP contribution in [0.4, 0.5) is 0 Å². The molecule has 1 aliphatic carbocycles. The first-order chi connectivity index (χ1) is 12.3. The number of aliphatic hydroxyl groups excluding tert-OH is 1. The Hall–Kier alpha value is -0.940. The van der Waals surface area contributed by atoms with Crippen LogP contribution in [0.1, 0.15) is 49.3 Å². The maximum atomic E-state index is 11.5. The lowest BCUT2D eigenvalue weighted by Crippen LogP contribution is -2.49. The third-order valence-corrected chi connectivity index (χ3v) is 6.95. The molecule has 4 nitrogen and oxygen atoms in total. The zero-order valence-corrected chi connectivity index (χ0v) is 15.4. The second-order valence-electron chi connectivity index (χ2n) is 8.14. The number of methoxy groups -OCH3 is 1. The summed E-state index contributed by atoms with van der Waals surface area (Å²) in [6, 6.07) is 9.00. The molecular formula is C21H32N2O2. The number of aliphatic hydroxyl groups is 1. The Morgan fingerprint density at radius 3 is 2.64 bits per heavy atom. The van der Waals surface area contributed by atoms with E-state index in [-0.39, 0.29) is 17.6 Å². The zero-order valence-electron chi connectivity index (χ0n) is 15.4. The quantitative estimate of drug-likeness (QED) is 0.881. The van der Waals surface area contributed by atoms with E-state index in [9.17, 15) is 5.11 Å². The maximum Gasteiger partial charge on any atom is 0.0834 e. The van der Waals surface area contributed by atoms with E-state index in [1.807, 2.05) is 0 Å². The number of nitrogens with zero attached hydrogens (tertiary/aromatic N) is 1. The molecule has 0 unspecified atom stereocenters. The van der Waals surface area contributed by atoms with Crippen LogP contribution in [-0.4, -0.2) is 56.0 Å². The summed E-state index contributed by atoms with van der Waals surface area (Å²) in [5, 5.41) is 14.9. The topological polar surface area (TPSA) is 44.7 Å². The molecule has 0 aromatic heterocycles. The summed E-state index contributed by atoms with van der Waals surface area (Å²) in [6.45, 7) is 5.08. The van der Waals surface area contributed by atoms with E-state index in [0.717, 1.165) is 51.5 Å². The molecular weight excluding hydrogens is 312 g/mol. The van der Waals surface area contributed by atoms with Crippen LogP contribution in [-0.2, 0) is 10.2 Å². The van der Waals surface area contributed by atoms with Crippen molar-refractivity contribution in [1.29, 1.82) is 0 Å². The highest BCUT2D eigenvalue weighted by molar-refractivity contribution is 5.45. The van der Waals surface area contributed by atoms with Crippen molar-refractivity contribution in [3.8, 4) is 0 Å². The van der Waals surface area contributed by atoms with E-state index >= 15 is 0 Å². The van der Waals surface area contributed by atoms with Gasteiger partial charge in [-0.05, 0) is 75.3 Å². The number of hydrogen-bond acceptors (Lipinski definition) is 4. The number of piperidine rings is 2. The molecule has 0 amide bonds. The second-order valence-corrected chi connectivity index (χ2v) is 8.14. The van der Waals surface area contributed by atoms with Gasteiger partial charge in [0.1, 0.15) is 0 Å². The van der Waals surface area contributed by atoms with Crippen molar-refractivity contribution in [3.05, 3.63) is 35.4 Å². The van der Waals surface area contributed by atoms with Gasteiger partial charge in [-0.15, -0.1) is 0 Å². The average Bonchev–Trinajstić information content (AvgIpc) is 2.90. The SMILES string of the molecule is COCCC1CCN([C@@H]2c3ccccc3C3(CCNCC3)[C@H]2O)CC1. The Bertz CT molecular complexity index is 577. The summed E-state index contributed by atoms with van der Waals surface area (Å²) in [5.41, 5.74) is 2.75. The fraction of sp³-hybridized carbons (Fsp3) is 0.714. The van der Waals surface area contributed by atoms with Crippen molar-refractivity contribution < 1.29 is 9.84 Å². The van der Waals surface area contributed by atoms with Crippen LogP contribution >= 0.6 is 0 Å². The van der Waals surface area contributed by atoms with Crippen molar-refractivity contribution in [2.24, 2.45) is 5.92 Å². The molecule has 2 N–H and O–H groups in total. The van der Waals surface area contributed by atoms with E-state index in [1.54, 1.807) is 7.11 Å². The molecule has 1 spiro atoms. The van der Waals surface area contributed by atoms with Crippen LogP contribution in [0.15, 0.2) is 24.3 Å². The molecule has 2 heterocycles. The van der Waals surface area contributed by atoms with Gasteiger partial charge in [-0.2, -0.15) is 0 Å². The highest BCUT2D eigenvalue weighted by Crippen LogP contribution is 2.52. The van der Waals surface area contributed by atoms with Gasteiger partial charge in [0.25, 0.3) is 0 Å². The van der Waals surface area contributed by atoms with E-state index in [4.69, 9.17) is 4.74 Å². The van der Waals surface area contributed by atoms with Crippen LogP contribution in [0.2, 0.25) is 0 Å². The van der Waals surface area contributed by atoms with E-state index in [0.29, 0.717) is 0 Å². The van der Waals surface area contributed by atoms with E-state index in [1.165, 1.54) is 30.4 Å². The molecule has 4 rings (SSSR count). The molecule has 138 valence electrons. The zero-order chi connectivity index (χ0) is 17.3. The van der Waals surface area contributed by atoms with Gasteiger partial charge >= 0.3 is 0 Å². The highest BCUT2D eigenvalue weighted by atomic mass is 16.5. The molecule has 2 saturated heterocycles. The summed E-state index contributed by atoms with van der Waals surface area (Å²) in [7, 11) is 1.79. The largest absolute Gasteiger partial charge is 0.390 e. The maximum absolute atomic E-state index is 11.5.